The van der Waals surface area contributed by atoms with Crippen molar-refractivity contribution in [3.63, 3.8) is 0 Å². The number of fused-ring (bicyclic) bond motifs is 1. The van der Waals surface area contributed by atoms with Crippen molar-refractivity contribution in [3.05, 3.63) is 34.9 Å². The van der Waals surface area contributed by atoms with Gasteiger partial charge in [0.15, 0.2) is 0 Å². The molecule has 0 amide bonds. The molecule has 1 aliphatic rings. The number of rotatable bonds is 4. The van der Waals surface area contributed by atoms with E-state index in [4.69, 9.17) is 9.62 Å². The molecule has 1 atom stereocenters. The summed E-state index contributed by atoms with van der Waals surface area (Å²) in [5, 5.41) is 0. The summed E-state index contributed by atoms with van der Waals surface area (Å²) < 4.78 is 5.48. The Kier molecular flexibility index (Phi) is 3.93. The van der Waals surface area contributed by atoms with Gasteiger partial charge in [0, 0.05) is 7.11 Å². The number of hydrogen-bond donors (Lipinski definition) is 0. The summed E-state index contributed by atoms with van der Waals surface area (Å²) >= 11 is 0. The molecule has 0 bridgehead atoms. The molecule has 0 aliphatic heterocycles. The number of hydrogen-bond acceptors (Lipinski definition) is 3. The molecule has 0 fully saturated rings. The van der Waals surface area contributed by atoms with Crippen LogP contribution in [-0.4, -0.2) is 14.2 Å². The zero-order valence-corrected chi connectivity index (χ0v) is 9.86. The van der Waals surface area contributed by atoms with Crippen molar-refractivity contribution in [2.24, 2.45) is 0 Å². The first-order valence-electron chi connectivity index (χ1n) is 5.65. The molecular weight excluding hydrogens is 204 g/mol. The molecule has 0 radical (unpaired) electrons. The molecule has 1 aromatic rings. The lowest BCUT2D eigenvalue weighted by Crippen LogP contribution is -2.11. The lowest BCUT2D eigenvalue weighted by Gasteiger charge is -2.24. The number of ether oxygens (including phenoxy) is 1. The fourth-order valence-corrected chi connectivity index (χ4v) is 2.28. The lowest BCUT2D eigenvalue weighted by atomic mass is 9.88. The highest BCUT2D eigenvalue weighted by Gasteiger charge is 2.19. The van der Waals surface area contributed by atoms with Crippen LogP contribution in [0.1, 0.15) is 35.6 Å². The molecule has 0 heterocycles. The maximum absolute atomic E-state index is 5.48. The van der Waals surface area contributed by atoms with E-state index >= 15 is 0 Å². The molecule has 2 rings (SSSR count). The maximum atomic E-state index is 5.48. The van der Waals surface area contributed by atoms with Gasteiger partial charge in [0.25, 0.3) is 0 Å². The van der Waals surface area contributed by atoms with E-state index < -0.39 is 0 Å². The minimum absolute atomic E-state index is 0.265. The van der Waals surface area contributed by atoms with Crippen molar-refractivity contribution < 1.29 is 14.5 Å². The molecule has 3 heteroatoms. The van der Waals surface area contributed by atoms with Gasteiger partial charge in [0.1, 0.15) is 6.61 Å². The highest BCUT2D eigenvalue weighted by Crippen LogP contribution is 2.32. The van der Waals surface area contributed by atoms with Gasteiger partial charge >= 0.3 is 0 Å². The third-order valence-electron chi connectivity index (χ3n) is 3.09. The van der Waals surface area contributed by atoms with Crippen LogP contribution in [0.3, 0.4) is 0 Å². The van der Waals surface area contributed by atoms with Gasteiger partial charge < -0.3 is 4.74 Å². The fourth-order valence-electron chi connectivity index (χ4n) is 2.28. The first-order chi connectivity index (χ1) is 7.85. The molecule has 88 valence electrons. The summed E-state index contributed by atoms with van der Waals surface area (Å²) in [6.45, 7) is 0.501. The topological polar surface area (TPSA) is 27.7 Å². The molecular formula is C13H18O3. The van der Waals surface area contributed by atoms with Crippen LogP contribution in [0.2, 0.25) is 0 Å². The molecule has 0 saturated heterocycles. The lowest BCUT2D eigenvalue weighted by molar-refractivity contribution is -0.282. The van der Waals surface area contributed by atoms with Crippen LogP contribution < -0.4 is 0 Å². The third-order valence-corrected chi connectivity index (χ3v) is 3.09. The molecule has 1 aliphatic carbocycles. The predicted octanol–water partition coefficient (Wildman–Crippen LogP) is 2.79. The van der Waals surface area contributed by atoms with Crippen molar-refractivity contribution in [1.29, 1.82) is 0 Å². The summed E-state index contributed by atoms with van der Waals surface area (Å²) in [5.74, 6) is 0. The van der Waals surface area contributed by atoms with E-state index in [2.05, 4.69) is 23.1 Å². The standard InChI is InChI=1S/C13H18O3/c1-14-13-5-3-4-11-8-10(9-16-15-2)6-7-12(11)13/h6-8,13H,3-5,9H2,1-2H3. The second kappa shape index (κ2) is 5.43. The Morgan fingerprint density at radius 1 is 1.31 bits per heavy atom. The molecule has 16 heavy (non-hydrogen) atoms. The first kappa shape index (κ1) is 11.6. The smallest absolute Gasteiger partial charge is 0.107 e. The van der Waals surface area contributed by atoms with Gasteiger partial charge in [0.05, 0.1) is 13.2 Å². The molecule has 3 nitrogen and oxygen atoms in total. The molecule has 0 aromatic heterocycles. The monoisotopic (exact) mass is 222 g/mol. The second-order valence-corrected chi connectivity index (χ2v) is 4.08. The summed E-state index contributed by atoms with van der Waals surface area (Å²) in [4.78, 5) is 9.54. The number of methoxy groups -OCH3 is 1. The Hall–Kier alpha value is -0.900. The predicted molar refractivity (Wildman–Crippen MR) is 60.9 cm³/mol. The highest BCUT2D eigenvalue weighted by atomic mass is 17.2. The van der Waals surface area contributed by atoms with Gasteiger partial charge in [-0.2, -0.15) is 0 Å². The van der Waals surface area contributed by atoms with Crippen LogP contribution in [0.15, 0.2) is 18.2 Å². The van der Waals surface area contributed by atoms with E-state index in [0.717, 1.165) is 18.4 Å². The Labute approximate surface area is 96.3 Å². The fraction of sp³-hybridized carbons (Fsp3) is 0.538. The third kappa shape index (κ3) is 2.43. The van der Waals surface area contributed by atoms with Crippen LogP contribution in [0.25, 0.3) is 0 Å². The van der Waals surface area contributed by atoms with Crippen LogP contribution in [0.4, 0.5) is 0 Å². The van der Waals surface area contributed by atoms with Crippen LogP contribution >= 0.6 is 0 Å². The van der Waals surface area contributed by atoms with Gasteiger partial charge in [-0.1, -0.05) is 18.2 Å². The number of benzene rings is 1. The zero-order valence-electron chi connectivity index (χ0n) is 9.86. The summed E-state index contributed by atoms with van der Waals surface area (Å²) in [5.41, 5.74) is 3.86. The molecule has 1 unspecified atom stereocenters. The zero-order chi connectivity index (χ0) is 11.4. The van der Waals surface area contributed by atoms with Crippen LogP contribution in [0, 0.1) is 0 Å². The second-order valence-electron chi connectivity index (χ2n) is 4.08. The van der Waals surface area contributed by atoms with Crippen LogP contribution in [-0.2, 0) is 27.5 Å². The average Bonchev–Trinajstić information content (AvgIpc) is 2.35. The Morgan fingerprint density at radius 2 is 2.19 bits per heavy atom. The van der Waals surface area contributed by atoms with Gasteiger partial charge in [-0.25, -0.2) is 9.78 Å². The van der Waals surface area contributed by atoms with Gasteiger partial charge in [-0.15, -0.1) is 0 Å². The average molecular weight is 222 g/mol. The van der Waals surface area contributed by atoms with Crippen LogP contribution in [0.5, 0.6) is 0 Å². The SMILES string of the molecule is COOCc1ccc2c(c1)CCCC2OC. The van der Waals surface area contributed by atoms with E-state index in [9.17, 15) is 0 Å². The quantitative estimate of drug-likeness (QED) is 0.579. The molecule has 0 spiro atoms. The van der Waals surface area contributed by atoms with Crippen molar-refractivity contribution in [2.45, 2.75) is 32.0 Å². The van der Waals surface area contributed by atoms with Crippen molar-refractivity contribution in [2.75, 3.05) is 14.2 Å². The highest BCUT2D eigenvalue weighted by molar-refractivity contribution is 5.35. The Morgan fingerprint density at radius 3 is 2.94 bits per heavy atom. The van der Waals surface area contributed by atoms with Gasteiger partial charge in [-0.3, -0.25) is 0 Å². The molecule has 0 saturated carbocycles. The van der Waals surface area contributed by atoms with E-state index in [-0.39, 0.29) is 6.10 Å². The van der Waals surface area contributed by atoms with E-state index in [1.165, 1.54) is 24.7 Å². The van der Waals surface area contributed by atoms with Crippen molar-refractivity contribution in [1.82, 2.24) is 0 Å². The molecule has 0 N–H and O–H groups in total. The van der Waals surface area contributed by atoms with Crippen molar-refractivity contribution in [3.8, 4) is 0 Å². The largest absolute Gasteiger partial charge is 0.377 e. The first-order valence-corrected chi connectivity index (χ1v) is 5.65. The summed E-state index contributed by atoms with van der Waals surface area (Å²) in [6, 6.07) is 6.42. The maximum Gasteiger partial charge on any atom is 0.107 e. The van der Waals surface area contributed by atoms with Crippen molar-refractivity contribution >= 4 is 0 Å². The minimum Gasteiger partial charge on any atom is -0.377 e. The van der Waals surface area contributed by atoms with E-state index in [1.807, 2.05) is 0 Å². The minimum atomic E-state index is 0.265. The van der Waals surface area contributed by atoms with E-state index in [1.54, 1.807) is 7.11 Å². The van der Waals surface area contributed by atoms with Gasteiger partial charge in [-0.05, 0) is 36.0 Å². The Balaban J connectivity index is 2.18. The number of aryl methyl sites for hydroxylation is 1. The summed E-state index contributed by atoms with van der Waals surface area (Å²) in [7, 11) is 3.31. The van der Waals surface area contributed by atoms with E-state index in [0.29, 0.717) is 6.61 Å². The molecule has 1 aromatic carbocycles. The Bertz CT molecular complexity index is 349. The normalized spacial score (nSPS) is 19.5. The summed E-state index contributed by atoms with van der Waals surface area (Å²) in [6.07, 6.45) is 3.72. The van der Waals surface area contributed by atoms with Gasteiger partial charge in [0.2, 0.25) is 0 Å².